The van der Waals surface area contributed by atoms with Gasteiger partial charge in [0.15, 0.2) is 0 Å². The van der Waals surface area contributed by atoms with Gasteiger partial charge in [-0.2, -0.15) is 0 Å². The molecule has 4 rings (SSSR count). The first kappa shape index (κ1) is 21.7. The highest BCUT2D eigenvalue weighted by molar-refractivity contribution is 8.00. The molecule has 0 aromatic heterocycles. The molecule has 1 aliphatic rings. The van der Waals surface area contributed by atoms with Crippen LogP contribution in [0.2, 0.25) is 10.0 Å². The topological polar surface area (TPSA) is 49.4 Å². The van der Waals surface area contributed by atoms with Gasteiger partial charge in [-0.1, -0.05) is 41.4 Å². The molecule has 8 heteroatoms. The van der Waals surface area contributed by atoms with Gasteiger partial charge in [0.25, 0.3) is 5.91 Å². The highest BCUT2D eigenvalue weighted by Crippen LogP contribution is 2.42. The Morgan fingerprint density at radius 1 is 1.13 bits per heavy atom. The van der Waals surface area contributed by atoms with E-state index in [1.807, 2.05) is 6.07 Å². The second-order valence-electron chi connectivity index (χ2n) is 7.06. The molecule has 1 atom stereocenters. The van der Waals surface area contributed by atoms with Gasteiger partial charge in [0.05, 0.1) is 16.3 Å². The number of rotatable bonds is 4. The number of anilines is 2. The Balaban J connectivity index is 1.60. The summed E-state index contributed by atoms with van der Waals surface area (Å²) in [4.78, 5) is 26.8. The van der Waals surface area contributed by atoms with E-state index in [4.69, 9.17) is 23.2 Å². The summed E-state index contributed by atoms with van der Waals surface area (Å²) in [6.07, 6.45) is 0. The van der Waals surface area contributed by atoms with Crippen LogP contribution in [0, 0.1) is 12.7 Å². The van der Waals surface area contributed by atoms with Crippen LogP contribution in [0.4, 0.5) is 15.8 Å². The number of amides is 2. The second-order valence-corrected chi connectivity index (χ2v) is 8.98. The van der Waals surface area contributed by atoms with E-state index >= 15 is 0 Å². The van der Waals surface area contributed by atoms with E-state index in [0.717, 1.165) is 5.56 Å². The van der Waals surface area contributed by atoms with Gasteiger partial charge in [0.2, 0.25) is 5.91 Å². The van der Waals surface area contributed by atoms with Gasteiger partial charge in [-0.25, -0.2) is 4.39 Å². The summed E-state index contributed by atoms with van der Waals surface area (Å²) in [6.45, 7) is 1.68. The maximum Gasteiger partial charge on any atom is 0.257 e. The Bertz CT molecular complexity index is 1190. The largest absolute Gasteiger partial charge is 0.322 e. The van der Waals surface area contributed by atoms with Crippen LogP contribution in [0.1, 0.15) is 26.9 Å². The molecule has 1 N–H and O–H groups in total. The zero-order chi connectivity index (χ0) is 22.1. The second kappa shape index (κ2) is 8.91. The SMILES string of the molecule is Cc1ccc(N2C(=O)CSC2c2cccc(NC(=O)c3ccc(Cl)cc3Cl)c2)cc1F. The van der Waals surface area contributed by atoms with Crippen LogP contribution in [0.25, 0.3) is 0 Å². The van der Waals surface area contributed by atoms with E-state index in [2.05, 4.69) is 5.32 Å². The van der Waals surface area contributed by atoms with E-state index in [9.17, 15) is 14.0 Å². The highest BCUT2D eigenvalue weighted by Gasteiger charge is 2.34. The first-order chi connectivity index (χ1) is 14.8. The lowest BCUT2D eigenvalue weighted by Crippen LogP contribution is -2.28. The van der Waals surface area contributed by atoms with E-state index in [-0.39, 0.29) is 33.8 Å². The van der Waals surface area contributed by atoms with Crippen molar-refractivity contribution < 1.29 is 14.0 Å². The van der Waals surface area contributed by atoms with Gasteiger partial charge < -0.3 is 5.32 Å². The van der Waals surface area contributed by atoms with Crippen LogP contribution in [0.5, 0.6) is 0 Å². The van der Waals surface area contributed by atoms with Crippen LogP contribution in [0.3, 0.4) is 0 Å². The molecule has 4 nitrogen and oxygen atoms in total. The van der Waals surface area contributed by atoms with Crippen LogP contribution in [-0.4, -0.2) is 17.6 Å². The Morgan fingerprint density at radius 2 is 1.94 bits per heavy atom. The fourth-order valence-corrected chi connectivity index (χ4v) is 4.98. The summed E-state index contributed by atoms with van der Waals surface area (Å²) in [5, 5.41) is 3.20. The third-order valence-electron chi connectivity index (χ3n) is 4.91. The van der Waals surface area contributed by atoms with Gasteiger partial charge >= 0.3 is 0 Å². The number of benzene rings is 3. The standard InChI is InChI=1S/C23H17Cl2FN2O2S/c1-13-5-7-17(11-20(13)26)28-21(29)12-31-23(28)14-3-2-4-16(9-14)27-22(30)18-8-6-15(24)10-19(18)25/h2-11,23H,12H2,1H3,(H,27,30). The molecule has 0 aliphatic carbocycles. The molecule has 0 bridgehead atoms. The molecule has 0 radical (unpaired) electrons. The number of thioether (sulfide) groups is 1. The monoisotopic (exact) mass is 474 g/mol. The van der Waals surface area contributed by atoms with E-state index < -0.39 is 0 Å². The quantitative estimate of drug-likeness (QED) is 0.471. The molecule has 0 spiro atoms. The molecule has 1 fully saturated rings. The van der Waals surface area contributed by atoms with E-state index in [0.29, 0.717) is 27.5 Å². The summed E-state index contributed by atoms with van der Waals surface area (Å²) in [5.74, 6) is -0.536. The van der Waals surface area contributed by atoms with Crippen LogP contribution < -0.4 is 10.2 Å². The molecule has 1 saturated heterocycles. The van der Waals surface area contributed by atoms with Crippen molar-refractivity contribution in [3.8, 4) is 0 Å². The maximum absolute atomic E-state index is 14.1. The van der Waals surface area contributed by atoms with Crippen LogP contribution in [0.15, 0.2) is 60.7 Å². The molecule has 1 unspecified atom stereocenters. The number of carbonyl (C=O) groups excluding carboxylic acids is 2. The molecule has 0 saturated carbocycles. The lowest BCUT2D eigenvalue weighted by atomic mass is 10.1. The van der Waals surface area contributed by atoms with Crippen molar-refractivity contribution >= 4 is 58.2 Å². The average Bonchev–Trinajstić information content (AvgIpc) is 3.11. The summed E-state index contributed by atoms with van der Waals surface area (Å²) < 4.78 is 14.1. The van der Waals surface area contributed by atoms with Crippen molar-refractivity contribution in [2.45, 2.75) is 12.3 Å². The minimum atomic E-state index is -0.369. The number of aryl methyl sites for hydroxylation is 1. The van der Waals surface area contributed by atoms with Crippen LogP contribution >= 0.6 is 35.0 Å². The zero-order valence-electron chi connectivity index (χ0n) is 16.4. The Kier molecular flexibility index (Phi) is 6.23. The lowest BCUT2D eigenvalue weighted by Gasteiger charge is -2.25. The van der Waals surface area contributed by atoms with Gasteiger partial charge in [0, 0.05) is 16.4 Å². The summed E-state index contributed by atoms with van der Waals surface area (Å²) in [6, 6.07) is 16.7. The lowest BCUT2D eigenvalue weighted by molar-refractivity contribution is -0.115. The minimum absolute atomic E-state index is 0.0966. The molecule has 1 heterocycles. The fourth-order valence-electron chi connectivity index (χ4n) is 3.32. The number of nitrogens with one attached hydrogen (secondary N) is 1. The van der Waals surface area contributed by atoms with Crippen molar-refractivity contribution in [1.82, 2.24) is 0 Å². The normalized spacial score (nSPS) is 15.9. The van der Waals surface area contributed by atoms with Crippen molar-refractivity contribution in [3.05, 3.63) is 93.2 Å². The number of nitrogens with zero attached hydrogens (tertiary/aromatic N) is 1. The Morgan fingerprint density at radius 3 is 2.68 bits per heavy atom. The van der Waals surface area contributed by atoms with Crippen molar-refractivity contribution in [2.75, 3.05) is 16.0 Å². The Hall–Kier alpha value is -2.54. The maximum atomic E-state index is 14.1. The molecule has 158 valence electrons. The molecular weight excluding hydrogens is 458 g/mol. The summed E-state index contributed by atoms with van der Waals surface area (Å²) in [7, 11) is 0. The van der Waals surface area contributed by atoms with Gasteiger partial charge in [-0.05, 0) is 60.5 Å². The molecule has 3 aromatic carbocycles. The predicted octanol–water partition coefficient (Wildman–Crippen LogP) is 6.47. The van der Waals surface area contributed by atoms with Crippen molar-refractivity contribution in [1.29, 1.82) is 0 Å². The van der Waals surface area contributed by atoms with Gasteiger partial charge in [-0.15, -0.1) is 11.8 Å². The molecule has 31 heavy (non-hydrogen) atoms. The molecule has 1 aliphatic heterocycles. The predicted molar refractivity (Wildman–Crippen MR) is 125 cm³/mol. The van der Waals surface area contributed by atoms with Crippen molar-refractivity contribution in [2.24, 2.45) is 0 Å². The van der Waals surface area contributed by atoms with Gasteiger partial charge in [-0.3, -0.25) is 14.5 Å². The highest BCUT2D eigenvalue weighted by atomic mass is 35.5. The molecule has 3 aromatic rings. The first-order valence-electron chi connectivity index (χ1n) is 9.39. The zero-order valence-corrected chi connectivity index (χ0v) is 18.7. The summed E-state index contributed by atoms with van der Waals surface area (Å²) >= 11 is 13.5. The average molecular weight is 475 g/mol. The van der Waals surface area contributed by atoms with Gasteiger partial charge in [0.1, 0.15) is 11.2 Å². The van der Waals surface area contributed by atoms with Crippen LogP contribution in [-0.2, 0) is 4.79 Å². The molecule has 2 amide bonds. The molecular formula is C23H17Cl2FN2O2S. The number of hydrogen-bond acceptors (Lipinski definition) is 3. The third-order valence-corrected chi connectivity index (χ3v) is 6.67. The summed E-state index contributed by atoms with van der Waals surface area (Å²) in [5.41, 5.74) is 2.70. The first-order valence-corrected chi connectivity index (χ1v) is 11.2. The number of halogens is 3. The smallest absolute Gasteiger partial charge is 0.257 e. The van der Waals surface area contributed by atoms with E-state index in [1.165, 1.54) is 23.9 Å². The minimum Gasteiger partial charge on any atom is -0.322 e. The number of carbonyl (C=O) groups is 2. The Labute approximate surface area is 193 Å². The third kappa shape index (κ3) is 4.56. The van der Waals surface area contributed by atoms with E-state index in [1.54, 1.807) is 54.3 Å². The number of hydrogen-bond donors (Lipinski definition) is 1. The fraction of sp³-hybridized carbons (Fsp3) is 0.130. The van der Waals surface area contributed by atoms with Crippen molar-refractivity contribution in [3.63, 3.8) is 0 Å².